The van der Waals surface area contributed by atoms with Crippen LogP contribution in [0.1, 0.15) is 36.8 Å². The maximum atomic E-state index is 11.8. The number of anilines is 1. The molecule has 10 heteroatoms. The van der Waals surface area contributed by atoms with Gasteiger partial charge in [0.15, 0.2) is 12.3 Å². The summed E-state index contributed by atoms with van der Waals surface area (Å²) in [5.41, 5.74) is 1.90. The second kappa shape index (κ2) is 10.6. The average molecular weight is 409 g/mol. The van der Waals surface area contributed by atoms with Gasteiger partial charge in [-0.25, -0.2) is 14.5 Å². The molecule has 0 radical (unpaired) electrons. The van der Waals surface area contributed by atoms with Gasteiger partial charge in [-0.1, -0.05) is 54.9 Å². The topological polar surface area (TPSA) is 116 Å². The maximum absolute atomic E-state index is 11.8. The van der Waals surface area contributed by atoms with Crippen molar-refractivity contribution in [1.29, 1.82) is 0 Å². The molecule has 1 N–H and O–H groups in total. The largest absolute Gasteiger partial charge is 0.449 e. The number of unbranched alkanes of at least 4 members (excludes halogenated alkanes) is 1. The van der Waals surface area contributed by atoms with Crippen LogP contribution in [0.3, 0.4) is 0 Å². The van der Waals surface area contributed by atoms with Crippen molar-refractivity contribution >= 4 is 17.6 Å². The van der Waals surface area contributed by atoms with Crippen molar-refractivity contribution < 1.29 is 14.4 Å². The molecule has 0 aliphatic rings. The minimum absolute atomic E-state index is 0.0992. The normalized spacial score (nSPS) is 11.2. The summed E-state index contributed by atoms with van der Waals surface area (Å²) in [4.78, 5) is 21.6. The number of hydrogen-bond acceptors (Lipinski definition) is 8. The van der Waals surface area contributed by atoms with Crippen LogP contribution in [0.15, 0.2) is 53.7 Å². The monoisotopic (exact) mass is 409 g/mol. The van der Waals surface area contributed by atoms with Gasteiger partial charge in [-0.2, -0.15) is 0 Å². The number of benzene rings is 1. The first kappa shape index (κ1) is 20.9. The summed E-state index contributed by atoms with van der Waals surface area (Å²) in [6, 6.07) is 14.7. The van der Waals surface area contributed by atoms with Crippen molar-refractivity contribution in [2.45, 2.75) is 26.4 Å². The van der Waals surface area contributed by atoms with E-state index in [1.165, 1.54) is 4.68 Å². The van der Waals surface area contributed by atoms with Crippen molar-refractivity contribution in [3.05, 3.63) is 65.6 Å². The molecular weight excluding hydrogens is 386 g/mol. The SMILES string of the molecule is CCCCOC(=O)Nc1cccc(CON=C(c2ccccc2)c2nnnn2C)n1. The van der Waals surface area contributed by atoms with E-state index in [2.05, 4.69) is 31.0 Å². The number of hydrogen-bond donors (Lipinski definition) is 1. The fourth-order valence-corrected chi connectivity index (χ4v) is 2.49. The van der Waals surface area contributed by atoms with Gasteiger partial charge in [-0.3, -0.25) is 5.32 Å². The van der Waals surface area contributed by atoms with Crippen LogP contribution in [0, 0.1) is 0 Å². The lowest BCUT2D eigenvalue weighted by molar-refractivity contribution is 0.128. The van der Waals surface area contributed by atoms with Crippen molar-refractivity contribution in [3.63, 3.8) is 0 Å². The van der Waals surface area contributed by atoms with Crippen LogP contribution in [0.5, 0.6) is 0 Å². The first-order chi connectivity index (χ1) is 14.7. The fourth-order valence-electron chi connectivity index (χ4n) is 2.49. The number of carbonyl (C=O) groups excluding carboxylic acids is 1. The number of tetrazole rings is 1. The van der Waals surface area contributed by atoms with Crippen LogP contribution in [0.4, 0.5) is 10.6 Å². The van der Waals surface area contributed by atoms with Gasteiger partial charge >= 0.3 is 6.09 Å². The van der Waals surface area contributed by atoms with E-state index in [4.69, 9.17) is 9.57 Å². The molecule has 0 unspecified atom stereocenters. The van der Waals surface area contributed by atoms with Crippen molar-refractivity contribution in [2.24, 2.45) is 12.2 Å². The molecule has 2 aromatic heterocycles. The summed E-state index contributed by atoms with van der Waals surface area (Å²) < 4.78 is 6.59. The number of nitrogens with one attached hydrogen (secondary N) is 1. The number of carbonyl (C=O) groups is 1. The first-order valence-electron chi connectivity index (χ1n) is 9.55. The highest BCUT2D eigenvalue weighted by molar-refractivity contribution is 6.10. The quantitative estimate of drug-likeness (QED) is 0.328. The number of ether oxygens (including phenoxy) is 1. The van der Waals surface area contributed by atoms with Gasteiger partial charge in [0.25, 0.3) is 0 Å². The summed E-state index contributed by atoms with van der Waals surface area (Å²) in [5, 5.41) is 18.4. The molecule has 3 aromatic rings. The zero-order valence-electron chi connectivity index (χ0n) is 16.9. The van der Waals surface area contributed by atoms with Crippen LogP contribution in [0.2, 0.25) is 0 Å². The Morgan fingerprint density at radius 3 is 2.73 bits per heavy atom. The molecule has 0 bridgehead atoms. The molecule has 10 nitrogen and oxygen atoms in total. The third kappa shape index (κ3) is 5.84. The van der Waals surface area contributed by atoms with Gasteiger partial charge in [-0.15, -0.1) is 5.10 Å². The Balaban J connectivity index is 1.67. The predicted octanol–water partition coefficient (Wildman–Crippen LogP) is 2.92. The van der Waals surface area contributed by atoms with Crippen LogP contribution in [-0.4, -0.2) is 43.6 Å². The zero-order chi connectivity index (χ0) is 21.2. The average Bonchev–Trinajstić information content (AvgIpc) is 3.18. The minimum atomic E-state index is -0.534. The van der Waals surface area contributed by atoms with Crippen molar-refractivity contribution in [2.75, 3.05) is 11.9 Å². The highest BCUT2D eigenvalue weighted by Crippen LogP contribution is 2.10. The second-order valence-electron chi connectivity index (χ2n) is 6.33. The van der Waals surface area contributed by atoms with E-state index in [0.717, 1.165) is 18.4 Å². The molecule has 0 aliphatic carbocycles. The van der Waals surface area contributed by atoms with Crippen molar-refractivity contribution in [3.8, 4) is 0 Å². The summed E-state index contributed by atoms with van der Waals surface area (Å²) in [5.74, 6) is 0.849. The van der Waals surface area contributed by atoms with E-state index in [9.17, 15) is 4.79 Å². The molecule has 0 fully saturated rings. The number of aryl methyl sites for hydroxylation is 1. The Bertz CT molecular complexity index is 989. The molecule has 0 atom stereocenters. The molecular formula is C20H23N7O3. The molecule has 0 aliphatic heterocycles. The van der Waals surface area contributed by atoms with Gasteiger partial charge in [0.05, 0.1) is 12.3 Å². The van der Waals surface area contributed by atoms with Gasteiger partial charge < -0.3 is 9.57 Å². The molecule has 0 saturated heterocycles. The molecule has 0 spiro atoms. The van der Waals surface area contributed by atoms with Gasteiger partial charge in [0.2, 0.25) is 5.82 Å². The van der Waals surface area contributed by atoms with Crippen LogP contribution >= 0.6 is 0 Å². The van der Waals surface area contributed by atoms with Gasteiger partial charge in [0, 0.05) is 12.6 Å². The van der Waals surface area contributed by atoms with Crippen LogP contribution in [-0.2, 0) is 23.2 Å². The zero-order valence-corrected chi connectivity index (χ0v) is 16.9. The standard InChI is InChI=1S/C20H23N7O3/c1-3-4-13-29-20(28)22-17-12-8-11-16(21-17)14-30-24-18(15-9-6-5-7-10-15)19-23-25-26-27(19)2/h5-12H,3-4,13-14H2,1-2H3,(H,21,22,28). The van der Waals surface area contributed by atoms with E-state index in [-0.39, 0.29) is 6.61 Å². The maximum Gasteiger partial charge on any atom is 0.412 e. The molecule has 156 valence electrons. The van der Waals surface area contributed by atoms with E-state index in [1.807, 2.05) is 37.3 Å². The lowest BCUT2D eigenvalue weighted by Crippen LogP contribution is -2.15. The third-order valence-electron chi connectivity index (χ3n) is 4.02. The van der Waals surface area contributed by atoms with Crippen LogP contribution in [0.25, 0.3) is 0 Å². The van der Waals surface area contributed by atoms with E-state index in [0.29, 0.717) is 29.7 Å². The molecule has 1 aromatic carbocycles. The summed E-state index contributed by atoms with van der Waals surface area (Å²) in [6.07, 6.45) is 1.24. The van der Waals surface area contributed by atoms with E-state index in [1.54, 1.807) is 25.2 Å². The fraction of sp³-hybridized carbons (Fsp3) is 0.300. The number of nitrogens with zero attached hydrogens (tertiary/aromatic N) is 6. The van der Waals surface area contributed by atoms with Gasteiger partial charge in [0.1, 0.15) is 5.82 Å². The molecule has 30 heavy (non-hydrogen) atoms. The number of oxime groups is 1. The molecule has 1 amide bonds. The summed E-state index contributed by atoms with van der Waals surface area (Å²) in [7, 11) is 1.73. The number of rotatable bonds is 9. The number of amides is 1. The Morgan fingerprint density at radius 1 is 1.17 bits per heavy atom. The Morgan fingerprint density at radius 2 is 2.00 bits per heavy atom. The summed E-state index contributed by atoms with van der Waals surface area (Å²) in [6.45, 7) is 2.50. The van der Waals surface area contributed by atoms with Gasteiger partial charge in [-0.05, 0) is 29.0 Å². The number of pyridine rings is 1. The highest BCUT2D eigenvalue weighted by atomic mass is 16.6. The Hall–Kier alpha value is -3.82. The predicted molar refractivity (Wildman–Crippen MR) is 110 cm³/mol. The lowest BCUT2D eigenvalue weighted by atomic mass is 10.1. The first-order valence-corrected chi connectivity index (χ1v) is 9.55. The summed E-state index contributed by atoms with van der Waals surface area (Å²) >= 11 is 0. The highest BCUT2D eigenvalue weighted by Gasteiger charge is 2.15. The smallest absolute Gasteiger partial charge is 0.412 e. The lowest BCUT2D eigenvalue weighted by Gasteiger charge is -2.08. The third-order valence-corrected chi connectivity index (χ3v) is 4.02. The van der Waals surface area contributed by atoms with E-state index < -0.39 is 6.09 Å². The molecule has 3 rings (SSSR count). The number of aromatic nitrogens is 5. The van der Waals surface area contributed by atoms with E-state index >= 15 is 0 Å². The van der Waals surface area contributed by atoms with Crippen molar-refractivity contribution in [1.82, 2.24) is 25.2 Å². The molecule has 2 heterocycles. The Kier molecular flexibility index (Phi) is 7.42. The minimum Gasteiger partial charge on any atom is -0.449 e. The van der Waals surface area contributed by atoms with Crippen LogP contribution < -0.4 is 5.32 Å². The second-order valence-corrected chi connectivity index (χ2v) is 6.33. The Labute approximate surface area is 173 Å². The molecule has 0 saturated carbocycles.